The Bertz CT molecular complexity index is 494. The molecule has 2 rings (SSSR count). The lowest BCUT2D eigenvalue weighted by Gasteiger charge is -2.21. The zero-order valence-electron chi connectivity index (χ0n) is 8.66. The number of esters is 1. The summed E-state index contributed by atoms with van der Waals surface area (Å²) in [5.74, 6) is -0.624. The summed E-state index contributed by atoms with van der Waals surface area (Å²) in [5, 5.41) is 0. The largest absolute Gasteiger partial charge is 0.465 e. The van der Waals surface area contributed by atoms with E-state index in [2.05, 4.69) is 20.7 Å². The molecule has 0 spiro atoms. The highest BCUT2D eigenvalue weighted by Gasteiger charge is 2.23. The van der Waals surface area contributed by atoms with Gasteiger partial charge >= 0.3 is 5.97 Å². The van der Waals surface area contributed by atoms with E-state index in [4.69, 9.17) is 4.74 Å². The van der Waals surface area contributed by atoms with Gasteiger partial charge in [-0.05, 0) is 15.9 Å². The highest BCUT2D eigenvalue weighted by Crippen LogP contribution is 2.16. The van der Waals surface area contributed by atoms with Gasteiger partial charge in [0, 0.05) is 12.7 Å². The Morgan fingerprint density at radius 2 is 2.38 bits per heavy atom. The van der Waals surface area contributed by atoms with E-state index in [0.717, 1.165) is 0 Å². The van der Waals surface area contributed by atoms with Gasteiger partial charge in [-0.15, -0.1) is 0 Å². The number of hydrogen-bond acceptors (Lipinski definition) is 4. The number of fused-ring (bicyclic) bond motifs is 1. The van der Waals surface area contributed by atoms with Crippen LogP contribution < -0.4 is 5.43 Å². The molecule has 1 aliphatic heterocycles. The molecule has 86 valence electrons. The Kier molecular flexibility index (Phi) is 3.11. The van der Waals surface area contributed by atoms with Crippen molar-refractivity contribution in [2.24, 2.45) is 0 Å². The standard InChI is InChI=1S/C10H10BrNO4/c1-15-10(14)8-7-5-16-3-2-12(7)4-6(11)9(8)13/h4H,2-3,5H2,1H3. The topological polar surface area (TPSA) is 57.5 Å². The van der Waals surface area contributed by atoms with Gasteiger partial charge in [0.25, 0.3) is 0 Å². The number of carbonyl (C=O) groups excluding carboxylic acids is 1. The molecule has 0 atom stereocenters. The maximum absolute atomic E-state index is 11.8. The summed E-state index contributed by atoms with van der Waals surface area (Å²) in [6.07, 6.45) is 1.67. The summed E-state index contributed by atoms with van der Waals surface area (Å²) in [4.78, 5) is 23.4. The number of rotatable bonds is 1. The molecule has 1 aromatic heterocycles. The fraction of sp³-hybridized carbons (Fsp3) is 0.400. The first-order valence-electron chi connectivity index (χ1n) is 4.73. The molecule has 0 aromatic carbocycles. The van der Waals surface area contributed by atoms with Gasteiger partial charge in [-0.2, -0.15) is 0 Å². The number of halogens is 1. The van der Waals surface area contributed by atoms with Gasteiger partial charge in [0.15, 0.2) is 0 Å². The van der Waals surface area contributed by atoms with Gasteiger partial charge in [0.05, 0.1) is 30.5 Å². The maximum Gasteiger partial charge on any atom is 0.343 e. The second-order valence-corrected chi connectivity index (χ2v) is 4.22. The van der Waals surface area contributed by atoms with Crippen LogP contribution in [0.15, 0.2) is 15.5 Å². The van der Waals surface area contributed by atoms with Crippen LogP contribution in [0.1, 0.15) is 16.1 Å². The van der Waals surface area contributed by atoms with E-state index in [-0.39, 0.29) is 17.6 Å². The molecule has 1 aliphatic rings. The van der Waals surface area contributed by atoms with Crippen molar-refractivity contribution >= 4 is 21.9 Å². The Hall–Kier alpha value is -1.14. The van der Waals surface area contributed by atoms with Crippen LogP contribution in [0.25, 0.3) is 0 Å². The Morgan fingerprint density at radius 1 is 1.62 bits per heavy atom. The number of aromatic nitrogens is 1. The lowest BCUT2D eigenvalue weighted by Crippen LogP contribution is -2.29. The van der Waals surface area contributed by atoms with E-state index >= 15 is 0 Å². The van der Waals surface area contributed by atoms with Crippen molar-refractivity contribution in [3.63, 3.8) is 0 Å². The molecule has 2 heterocycles. The summed E-state index contributed by atoms with van der Waals surface area (Å²) >= 11 is 3.14. The third-order valence-corrected chi connectivity index (χ3v) is 3.02. The molecule has 5 nitrogen and oxygen atoms in total. The maximum atomic E-state index is 11.8. The third kappa shape index (κ3) is 1.78. The Morgan fingerprint density at radius 3 is 3.06 bits per heavy atom. The van der Waals surface area contributed by atoms with Crippen molar-refractivity contribution in [1.29, 1.82) is 0 Å². The zero-order valence-corrected chi connectivity index (χ0v) is 10.2. The molecule has 0 amide bonds. The van der Waals surface area contributed by atoms with Crippen LogP contribution in [-0.4, -0.2) is 24.3 Å². The van der Waals surface area contributed by atoms with Crippen molar-refractivity contribution < 1.29 is 14.3 Å². The fourth-order valence-corrected chi connectivity index (χ4v) is 2.11. The predicted octanol–water partition coefficient (Wildman–Crippen LogP) is 0.928. The minimum Gasteiger partial charge on any atom is -0.465 e. The average molecular weight is 288 g/mol. The minimum absolute atomic E-state index is 0.0524. The summed E-state index contributed by atoms with van der Waals surface area (Å²) in [6.45, 7) is 1.45. The summed E-state index contributed by atoms with van der Waals surface area (Å²) in [5.41, 5.74) is 0.270. The Balaban J connectivity index is 2.68. The predicted molar refractivity (Wildman–Crippen MR) is 59.4 cm³/mol. The number of pyridine rings is 1. The van der Waals surface area contributed by atoms with E-state index < -0.39 is 5.97 Å². The van der Waals surface area contributed by atoms with Crippen LogP contribution in [0.4, 0.5) is 0 Å². The Labute approximate surface area is 100 Å². The molecule has 0 bridgehead atoms. The molecule has 6 heteroatoms. The minimum atomic E-state index is -0.624. The molecule has 0 aliphatic carbocycles. The van der Waals surface area contributed by atoms with Gasteiger partial charge in [-0.1, -0.05) is 0 Å². The van der Waals surface area contributed by atoms with E-state index in [1.165, 1.54) is 7.11 Å². The van der Waals surface area contributed by atoms with E-state index in [1.807, 2.05) is 4.57 Å². The number of ether oxygens (including phenoxy) is 2. The summed E-state index contributed by atoms with van der Waals surface area (Å²) < 4.78 is 12.0. The molecule has 0 unspecified atom stereocenters. The van der Waals surface area contributed by atoms with Crippen molar-refractivity contribution in [2.45, 2.75) is 13.2 Å². The van der Waals surface area contributed by atoms with E-state index in [0.29, 0.717) is 23.3 Å². The van der Waals surface area contributed by atoms with Crippen molar-refractivity contribution in [3.05, 3.63) is 32.2 Å². The van der Waals surface area contributed by atoms with Gasteiger partial charge in [-0.3, -0.25) is 4.79 Å². The summed E-state index contributed by atoms with van der Waals surface area (Å²) in [6, 6.07) is 0. The third-order valence-electron chi connectivity index (χ3n) is 2.45. The first-order chi connectivity index (χ1) is 7.65. The van der Waals surface area contributed by atoms with Crippen LogP contribution in [0, 0.1) is 0 Å². The molecule has 16 heavy (non-hydrogen) atoms. The van der Waals surface area contributed by atoms with Gasteiger partial charge < -0.3 is 14.0 Å². The average Bonchev–Trinajstić information content (AvgIpc) is 2.30. The van der Waals surface area contributed by atoms with Crippen LogP contribution in [0.5, 0.6) is 0 Å². The number of nitrogens with zero attached hydrogens (tertiary/aromatic N) is 1. The molecule has 0 saturated carbocycles. The van der Waals surface area contributed by atoms with E-state index in [9.17, 15) is 9.59 Å². The molecular weight excluding hydrogens is 278 g/mol. The molecular formula is C10H10BrNO4. The van der Waals surface area contributed by atoms with Crippen LogP contribution >= 0.6 is 15.9 Å². The molecule has 0 N–H and O–H groups in total. The molecule has 0 fully saturated rings. The highest BCUT2D eigenvalue weighted by molar-refractivity contribution is 9.10. The van der Waals surface area contributed by atoms with Crippen LogP contribution in [0.2, 0.25) is 0 Å². The quantitative estimate of drug-likeness (QED) is 0.721. The zero-order chi connectivity index (χ0) is 11.7. The van der Waals surface area contributed by atoms with Crippen molar-refractivity contribution in [1.82, 2.24) is 4.57 Å². The number of carbonyl (C=O) groups is 1. The van der Waals surface area contributed by atoms with Gasteiger partial charge in [-0.25, -0.2) is 4.79 Å². The van der Waals surface area contributed by atoms with Crippen molar-refractivity contribution in [2.75, 3.05) is 13.7 Å². The SMILES string of the molecule is COC(=O)c1c2n(cc(Br)c1=O)CCOC2. The first kappa shape index (κ1) is 11.3. The second-order valence-electron chi connectivity index (χ2n) is 3.37. The normalized spacial score (nSPS) is 14.4. The van der Waals surface area contributed by atoms with Crippen molar-refractivity contribution in [3.8, 4) is 0 Å². The fourth-order valence-electron chi connectivity index (χ4n) is 1.67. The van der Waals surface area contributed by atoms with Crippen LogP contribution in [0.3, 0.4) is 0 Å². The highest BCUT2D eigenvalue weighted by atomic mass is 79.9. The van der Waals surface area contributed by atoms with E-state index in [1.54, 1.807) is 6.20 Å². The smallest absolute Gasteiger partial charge is 0.343 e. The molecule has 0 radical (unpaired) electrons. The van der Waals surface area contributed by atoms with Crippen LogP contribution in [-0.2, 0) is 22.6 Å². The molecule has 0 saturated heterocycles. The lowest BCUT2D eigenvalue weighted by atomic mass is 10.1. The monoisotopic (exact) mass is 287 g/mol. The van der Waals surface area contributed by atoms with Gasteiger partial charge in [0.2, 0.25) is 5.43 Å². The van der Waals surface area contributed by atoms with Gasteiger partial charge in [0.1, 0.15) is 5.56 Å². The second kappa shape index (κ2) is 4.39. The number of methoxy groups -OCH3 is 1. The molecule has 1 aromatic rings. The lowest BCUT2D eigenvalue weighted by molar-refractivity contribution is 0.0565. The first-order valence-corrected chi connectivity index (χ1v) is 5.52. The summed E-state index contributed by atoms with van der Waals surface area (Å²) in [7, 11) is 1.25. The number of hydrogen-bond donors (Lipinski definition) is 0.